The Morgan fingerprint density at radius 1 is 1.30 bits per heavy atom. The maximum Gasteiger partial charge on any atom is 0.323 e. The summed E-state index contributed by atoms with van der Waals surface area (Å²) >= 11 is 0. The summed E-state index contributed by atoms with van der Waals surface area (Å²) < 4.78 is 5.12. The standard InChI is InChI=1S/C16H30N2O2/c1-3-20-16(19)14(17-2)10-12-18-11-6-8-13-7-4-5-9-15(13)18/h13-15,17H,3-12H2,1-2H3. The molecule has 1 saturated heterocycles. The molecule has 116 valence electrons. The van der Waals surface area contributed by atoms with E-state index in [0.29, 0.717) is 6.61 Å². The maximum absolute atomic E-state index is 11.8. The van der Waals surface area contributed by atoms with E-state index < -0.39 is 0 Å². The summed E-state index contributed by atoms with van der Waals surface area (Å²) in [5.41, 5.74) is 0. The van der Waals surface area contributed by atoms with Crippen molar-refractivity contribution in [1.29, 1.82) is 0 Å². The van der Waals surface area contributed by atoms with Crippen LogP contribution in [0.15, 0.2) is 0 Å². The van der Waals surface area contributed by atoms with Gasteiger partial charge in [0.15, 0.2) is 0 Å². The molecule has 1 saturated carbocycles. The highest BCUT2D eigenvalue weighted by Crippen LogP contribution is 2.35. The minimum atomic E-state index is -0.154. The van der Waals surface area contributed by atoms with Crippen molar-refractivity contribution in [3.8, 4) is 0 Å². The van der Waals surface area contributed by atoms with E-state index in [9.17, 15) is 4.79 Å². The van der Waals surface area contributed by atoms with E-state index in [-0.39, 0.29) is 12.0 Å². The van der Waals surface area contributed by atoms with Gasteiger partial charge in [0.25, 0.3) is 0 Å². The predicted octanol–water partition coefficient (Wildman–Crippen LogP) is 2.18. The van der Waals surface area contributed by atoms with Crippen LogP contribution < -0.4 is 5.32 Å². The topological polar surface area (TPSA) is 41.6 Å². The van der Waals surface area contributed by atoms with Gasteiger partial charge >= 0.3 is 5.97 Å². The Morgan fingerprint density at radius 2 is 2.05 bits per heavy atom. The highest BCUT2D eigenvalue weighted by molar-refractivity contribution is 5.75. The fourth-order valence-electron chi connectivity index (χ4n) is 3.92. The molecule has 0 aromatic carbocycles. The Kier molecular flexibility index (Phi) is 6.30. The zero-order valence-electron chi connectivity index (χ0n) is 13.1. The summed E-state index contributed by atoms with van der Waals surface area (Å²) in [5, 5.41) is 3.10. The molecule has 2 aliphatic rings. The van der Waals surface area contributed by atoms with E-state index in [2.05, 4.69) is 10.2 Å². The van der Waals surface area contributed by atoms with Gasteiger partial charge in [-0.15, -0.1) is 0 Å². The highest BCUT2D eigenvalue weighted by atomic mass is 16.5. The second-order valence-corrected chi connectivity index (χ2v) is 6.17. The first kappa shape index (κ1) is 15.8. The molecule has 2 rings (SSSR count). The monoisotopic (exact) mass is 282 g/mol. The van der Waals surface area contributed by atoms with Crippen LogP contribution in [0, 0.1) is 5.92 Å². The van der Waals surface area contributed by atoms with Crippen molar-refractivity contribution in [2.75, 3.05) is 26.7 Å². The fourth-order valence-corrected chi connectivity index (χ4v) is 3.92. The summed E-state index contributed by atoms with van der Waals surface area (Å²) in [6.45, 7) is 4.55. The van der Waals surface area contributed by atoms with E-state index >= 15 is 0 Å². The molecule has 0 radical (unpaired) electrons. The lowest BCUT2D eigenvalue weighted by molar-refractivity contribution is -0.145. The molecular weight excluding hydrogens is 252 g/mol. The van der Waals surface area contributed by atoms with Crippen molar-refractivity contribution in [3.05, 3.63) is 0 Å². The summed E-state index contributed by atoms with van der Waals surface area (Å²) in [5.74, 6) is 0.806. The molecular formula is C16H30N2O2. The number of rotatable bonds is 6. The number of carbonyl (C=O) groups excluding carboxylic acids is 1. The third-order valence-electron chi connectivity index (χ3n) is 4.98. The molecule has 3 atom stereocenters. The number of fused-ring (bicyclic) bond motifs is 1. The van der Waals surface area contributed by atoms with Gasteiger partial charge in [-0.2, -0.15) is 0 Å². The summed E-state index contributed by atoms with van der Waals surface area (Å²) in [6, 6.07) is 0.621. The normalized spacial score (nSPS) is 28.7. The molecule has 1 aliphatic carbocycles. The zero-order valence-corrected chi connectivity index (χ0v) is 13.1. The summed E-state index contributed by atoms with van der Waals surface area (Å²) in [7, 11) is 1.85. The predicted molar refractivity (Wildman–Crippen MR) is 80.7 cm³/mol. The van der Waals surface area contributed by atoms with E-state index in [1.165, 1.54) is 45.1 Å². The number of nitrogens with zero attached hydrogens (tertiary/aromatic N) is 1. The van der Waals surface area contributed by atoms with Crippen LogP contribution in [0.2, 0.25) is 0 Å². The van der Waals surface area contributed by atoms with Crippen LogP contribution in [-0.4, -0.2) is 49.7 Å². The van der Waals surface area contributed by atoms with E-state index in [1.54, 1.807) is 0 Å². The smallest absolute Gasteiger partial charge is 0.323 e. The third kappa shape index (κ3) is 3.95. The third-order valence-corrected chi connectivity index (χ3v) is 4.98. The number of carbonyl (C=O) groups is 1. The number of hydrogen-bond donors (Lipinski definition) is 1. The lowest BCUT2D eigenvalue weighted by atomic mass is 9.78. The summed E-state index contributed by atoms with van der Waals surface area (Å²) in [6.07, 6.45) is 9.16. The fraction of sp³-hybridized carbons (Fsp3) is 0.938. The number of likely N-dealkylation sites (tertiary alicyclic amines) is 1. The van der Waals surface area contributed by atoms with Crippen LogP contribution in [-0.2, 0) is 9.53 Å². The zero-order chi connectivity index (χ0) is 14.4. The SMILES string of the molecule is CCOC(=O)C(CCN1CCCC2CCCCC21)NC. The van der Waals surface area contributed by atoms with Gasteiger partial charge in [0.1, 0.15) is 6.04 Å². The Balaban J connectivity index is 1.83. The molecule has 1 N–H and O–H groups in total. The van der Waals surface area contributed by atoms with Gasteiger partial charge in [-0.3, -0.25) is 4.79 Å². The molecule has 1 aliphatic heterocycles. The van der Waals surface area contributed by atoms with Crippen molar-refractivity contribution in [3.63, 3.8) is 0 Å². The second kappa shape index (κ2) is 7.99. The molecule has 20 heavy (non-hydrogen) atoms. The van der Waals surface area contributed by atoms with Gasteiger partial charge in [0, 0.05) is 12.6 Å². The minimum Gasteiger partial charge on any atom is -0.465 e. The Hall–Kier alpha value is -0.610. The van der Waals surface area contributed by atoms with E-state index in [4.69, 9.17) is 4.74 Å². The van der Waals surface area contributed by atoms with E-state index in [1.807, 2.05) is 14.0 Å². The Bertz CT molecular complexity index is 307. The molecule has 4 nitrogen and oxygen atoms in total. The largest absolute Gasteiger partial charge is 0.465 e. The van der Waals surface area contributed by atoms with Gasteiger partial charge < -0.3 is 15.0 Å². The quantitative estimate of drug-likeness (QED) is 0.758. The molecule has 1 heterocycles. The van der Waals surface area contributed by atoms with E-state index in [0.717, 1.165) is 24.9 Å². The van der Waals surface area contributed by atoms with Crippen molar-refractivity contribution >= 4 is 5.97 Å². The molecule has 0 bridgehead atoms. The van der Waals surface area contributed by atoms with Crippen LogP contribution >= 0.6 is 0 Å². The van der Waals surface area contributed by atoms with Crippen molar-refractivity contribution < 1.29 is 9.53 Å². The Labute approximate surface area is 123 Å². The summed E-state index contributed by atoms with van der Waals surface area (Å²) in [4.78, 5) is 14.5. The second-order valence-electron chi connectivity index (χ2n) is 6.17. The first-order chi connectivity index (χ1) is 9.76. The first-order valence-corrected chi connectivity index (χ1v) is 8.34. The van der Waals surface area contributed by atoms with Crippen LogP contribution in [0.25, 0.3) is 0 Å². The molecule has 0 aromatic rings. The van der Waals surface area contributed by atoms with Gasteiger partial charge in [0.05, 0.1) is 6.61 Å². The highest BCUT2D eigenvalue weighted by Gasteiger charge is 2.33. The molecule has 4 heteroatoms. The average Bonchev–Trinajstić information content (AvgIpc) is 2.48. The maximum atomic E-state index is 11.8. The number of ether oxygens (including phenoxy) is 1. The molecule has 0 aromatic heterocycles. The Morgan fingerprint density at radius 3 is 2.80 bits per heavy atom. The van der Waals surface area contributed by atoms with Crippen LogP contribution in [0.4, 0.5) is 0 Å². The van der Waals surface area contributed by atoms with Crippen molar-refractivity contribution in [2.24, 2.45) is 5.92 Å². The lowest BCUT2D eigenvalue weighted by Gasteiger charge is -2.44. The van der Waals surface area contributed by atoms with Crippen LogP contribution in [0.1, 0.15) is 51.9 Å². The number of esters is 1. The van der Waals surface area contributed by atoms with Gasteiger partial charge in [-0.1, -0.05) is 12.8 Å². The molecule has 2 fully saturated rings. The lowest BCUT2D eigenvalue weighted by Crippen LogP contribution is -2.48. The molecule has 0 spiro atoms. The number of hydrogen-bond acceptors (Lipinski definition) is 4. The van der Waals surface area contributed by atoms with Gasteiger partial charge in [-0.25, -0.2) is 0 Å². The number of nitrogens with one attached hydrogen (secondary N) is 1. The molecule has 0 amide bonds. The minimum absolute atomic E-state index is 0.104. The number of likely N-dealkylation sites (N-methyl/N-ethyl adjacent to an activating group) is 1. The first-order valence-electron chi connectivity index (χ1n) is 8.34. The van der Waals surface area contributed by atoms with Crippen molar-refractivity contribution in [2.45, 2.75) is 64.0 Å². The van der Waals surface area contributed by atoms with Crippen LogP contribution in [0.3, 0.4) is 0 Å². The number of piperidine rings is 1. The van der Waals surface area contributed by atoms with Crippen molar-refractivity contribution in [1.82, 2.24) is 10.2 Å². The average molecular weight is 282 g/mol. The van der Waals surface area contributed by atoms with Gasteiger partial charge in [-0.05, 0) is 58.5 Å². The van der Waals surface area contributed by atoms with Crippen LogP contribution in [0.5, 0.6) is 0 Å². The molecule has 3 unspecified atom stereocenters. The van der Waals surface area contributed by atoms with Gasteiger partial charge in [0.2, 0.25) is 0 Å².